The molecule has 2 N–H and O–H groups in total. The first-order valence-electron chi connectivity index (χ1n) is 6.64. The van der Waals surface area contributed by atoms with Crippen LogP contribution in [0.15, 0.2) is 40.3 Å². The fourth-order valence-corrected chi connectivity index (χ4v) is 3.64. The van der Waals surface area contributed by atoms with Crippen molar-refractivity contribution in [3.05, 3.63) is 35.4 Å². The third-order valence-electron chi connectivity index (χ3n) is 3.99. The fourth-order valence-electron chi connectivity index (χ4n) is 2.87. The number of nitrogens with zero attached hydrogens (tertiary/aromatic N) is 1. The van der Waals surface area contributed by atoms with Gasteiger partial charge in [0.25, 0.3) is 0 Å². The van der Waals surface area contributed by atoms with Crippen molar-refractivity contribution in [1.29, 1.82) is 0 Å². The number of carbonyl (C=O) groups excluding carboxylic acids is 2. The molecule has 0 saturated carbocycles. The Bertz CT molecular complexity index is 786. The zero-order chi connectivity index (χ0) is 16.1. The van der Waals surface area contributed by atoms with Crippen molar-refractivity contribution >= 4 is 39.1 Å². The van der Waals surface area contributed by atoms with Crippen molar-refractivity contribution in [2.75, 3.05) is 4.90 Å². The Hall–Kier alpha value is -1.70. The molecule has 6 nitrogen and oxygen atoms in total. The van der Waals surface area contributed by atoms with Crippen LogP contribution in [0.1, 0.15) is 12.8 Å². The highest BCUT2D eigenvalue weighted by Crippen LogP contribution is 2.40. The lowest BCUT2D eigenvalue weighted by molar-refractivity contribution is -0.122. The van der Waals surface area contributed by atoms with Gasteiger partial charge in [0.15, 0.2) is 0 Å². The Balaban J connectivity index is 1.93. The van der Waals surface area contributed by atoms with E-state index in [4.69, 9.17) is 16.7 Å². The first-order chi connectivity index (χ1) is 10.3. The van der Waals surface area contributed by atoms with Gasteiger partial charge in [0, 0.05) is 5.03 Å². The summed E-state index contributed by atoms with van der Waals surface area (Å²) in [6, 6.07) is 5.36. The van der Waals surface area contributed by atoms with Crippen LogP contribution in [0.2, 0.25) is 0 Å². The van der Waals surface area contributed by atoms with E-state index < -0.39 is 21.9 Å². The van der Waals surface area contributed by atoms with Crippen LogP contribution in [-0.2, 0) is 19.6 Å². The first kappa shape index (κ1) is 15.2. The van der Waals surface area contributed by atoms with Crippen LogP contribution in [0.25, 0.3) is 0 Å². The van der Waals surface area contributed by atoms with Gasteiger partial charge in [0.05, 0.1) is 22.4 Å². The summed E-state index contributed by atoms with van der Waals surface area (Å²) in [4.78, 5) is 25.9. The fraction of sp³-hybridized carbons (Fsp3) is 0.286. The van der Waals surface area contributed by atoms with Crippen LogP contribution in [0.3, 0.4) is 0 Å². The van der Waals surface area contributed by atoms with E-state index in [-0.39, 0.29) is 16.7 Å². The Kier molecular flexibility index (Phi) is 3.58. The molecule has 8 heteroatoms. The summed E-state index contributed by atoms with van der Waals surface area (Å²) in [6.07, 6.45) is 2.57. The van der Waals surface area contributed by atoms with Gasteiger partial charge in [-0.3, -0.25) is 14.5 Å². The number of rotatable bonds is 2. The molecule has 0 radical (unpaired) electrons. The minimum atomic E-state index is -3.81. The third kappa shape index (κ3) is 2.45. The van der Waals surface area contributed by atoms with Gasteiger partial charge in [0.2, 0.25) is 21.8 Å². The number of carbonyl (C=O) groups is 2. The van der Waals surface area contributed by atoms with Gasteiger partial charge in [-0.05, 0) is 37.1 Å². The van der Waals surface area contributed by atoms with Crippen molar-refractivity contribution in [1.82, 2.24) is 0 Å². The van der Waals surface area contributed by atoms with Crippen molar-refractivity contribution in [2.45, 2.75) is 17.7 Å². The molecule has 22 heavy (non-hydrogen) atoms. The molecule has 0 bridgehead atoms. The summed E-state index contributed by atoms with van der Waals surface area (Å²) in [6.45, 7) is 0. The summed E-state index contributed by atoms with van der Waals surface area (Å²) in [5.41, 5.74) is 0.341. The van der Waals surface area contributed by atoms with Crippen LogP contribution in [0.5, 0.6) is 0 Å². The highest BCUT2D eigenvalue weighted by atomic mass is 35.5. The smallest absolute Gasteiger partial charge is 0.238 e. The van der Waals surface area contributed by atoms with Gasteiger partial charge in [-0.1, -0.05) is 17.7 Å². The zero-order valence-electron chi connectivity index (χ0n) is 11.4. The highest BCUT2D eigenvalue weighted by molar-refractivity contribution is 7.89. The lowest BCUT2D eigenvalue weighted by Gasteiger charge is -2.17. The number of fused-ring (bicyclic) bond motifs is 1. The molecule has 1 heterocycles. The van der Waals surface area contributed by atoms with E-state index in [2.05, 4.69) is 0 Å². The maximum atomic E-state index is 12.5. The van der Waals surface area contributed by atoms with Crippen LogP contribution >= 0.6 is 11.6 Å². The van der Waals surface area contributed by atoms with Gasteiger partial charge < -0.3 is 0 Å². The van der Waals surface area contributed by atoms with E-state index >= 15 is 0 Å². The molecule has 2 atom stereocenters. The number of primary sulfonamides is 1. The molecular formula is C14H13ClN2O4S. The van der Waals surface area contributed by atoms with E-state index in [1.165, 1.54) is 24.3 Å². The molecule has 116 valence electrons. The second-order valence-corrected chi connectivity index (χ2v) is 7.40. The predicted molar refractivity (Wildman–Crippen MR) is 80.5 cm³/mol. The maximum Gasteiger partial charge on any atom is 0.238 e. The van der Waals surface area contributed by atoms with Gasteiger partial charge >= 0.3 is 0 Å². The second kappa shape index (κ2) is 5.19. The number of hydrogen-bond donors (Lipinski definition) is 1. The minimum Gasteiger partial charge on any atom is -0.274 e. The van der Waals surface area contributed by atoms with Gasteiger partial charge in [0.1, 0.15) is 0 Å². The molecule has 1 aromatic rings. The highest BCUT2D eigenvalue weighted by Gasteiger charge is 2.48. The monoisotopic (exact) mass is 340 g/mol. The minimum absolute atomic E-state index is 0.0718. The molecule has 3 rings (SSSR count). The molecule has 1 aliphatic carbocycles. The molecular weight excluding hydrogens is 328 g/mol. The second-order valence-electron chi connectivity index (χ2n) is 5.35. The molecule has 0 spiro atoms. The zero-order valence-corrected chi connectivity index (χ0v) is 13.0. The molecule has 0 unspecified atom stereocenters. The van der Waals surface area contributed by atoms with E-state index in [9.17, 15) is 18.0 Å². The number of anilines is 1. The lowest BCUT2D eigenvalue weighted by Crippen LogP contribution is -2.30. The third-order valence-corrected chi connectivity index (χ3v) is 5.23. The maximum absolute atomic E-state index is 12.5. The number of imide groups is 1. The molecule has 2 amide bonds. The van der Waals surface area contributed by atoms with Crippen LogP contribution < -0.4 is 10.0 Å². The molecule has 1 aromatic carbocycles. The van der Waals surface area contributed by atoms with E-state index in [1.54, 1.807) is 6.08 Å². The number of amides is 2. The summed E-state index contributed by atoms with van der Waals surface area (Å²) in [5, 5.41) is 5.62. The molecule has 1 fully saturated rings. The Morgan fingerprint density at radius 3 is 2.27 bits per heavy atom. The molecule has 1 aliphatic heterocycles. The van der Waals surface area contributed by atoms with Crippen molar-refractivity contribution < 1.29 is 18.0 Å². The average molecular weight is 341 g/mol. The van der Waals surface area contributed by atoms with Crippen LogP contribution in [0.4, 0.5) is 5.69 Å². The Morgan fingerprint density at radius 1 is 1.09 bits per heavy atom. The predicted octanol–water partition coefficient (Wildman–Crippen LogP) is 1.36. The van der Waals surface area contributed by atoms with Crippen LogP contribution in [0, 0.1) is 11.8 Å². The first-order valence-corrected chi connectivity index (χ1v) is 8.56. The summed E-state index contributed by atoms with van der Waals surface area (Å²) in [7, 11) is -3.81. The SMILES string of the molecule is NS(=O)(=O)c1ccc(N2C(=O)[C@H]3CC(Cl)=CC[C@H]3C2=O)cc1. The number of allylic oxidation sites excluding steroid dienone is 2. The number of nitrogens with two attached hydrogens (primary N) is 1. The van der Waals surface area contributed by atoms with E-state index in [0.29, 0.717) is 23.6 Å². The quantitative estimate of drug-likeness (QED) is 0.822. The van der Waals surface area contributed by atoms with Crippen molar-refractivity contribution in [2.24, 2.45) is 17.0 Å². The Labute approximate surface area is 132 Å². The largest absolute Gasteiger partial charge is 0.274 e. The van der Waals surface area contributed by atoms with Gasteiger partial charge in [-0.15, -0.1) is 0 Å². The number of sulfonamides is 1. The van der Waals surface area contributed by atoms with Gasteiger partial charge in [-0.25, -0.2) is 13.6 Å². The van der Waals surface area contributed by atoms with Gasteiger partial charge in [-0.2, -0.15) is 0 Å². The molecule has 2 aliphatic rings. The van der Waals surface area contributed by atoms with Crippen molar-refractivity contribution in [3.8, 4) is 0 Å². The molecule has 0 aromatic heterocycles. The number of benzene rings is 1. The summed E-state index contributed by atoms with van der Waals surface area (Å²) in [5.74, 6) is -1.42. The van der Waals surface area contributed by atoms with Crippen LogP contribution in [-0.4, -0.2) is 20.2 Å². The Morgan fingerprint density at radius 2 is 1.68 bits per heavy atom. The number of hydrogen-bond acceptors (Lipinski definition) is 4. The molecule has 1 saturated heterocycles. The topological polar surface area (TPSA) is 97.5 Å². The lowest BCUT2D eigenvalue weighted by atomic mass is 9.85. The van der Waals surface area contributed by atoms with E-state index in [1.807, 2.05) is 0 Å². The summed E-state index contributed by atoms with van der Waals surface area (Å²) >= 11 is 5.96. The number of halogens is 1. The average Bonchev–Trinajstić information content (AvgIpc) is 2.70. The standard InChI is InChI=1S/C14H13ClN2O4S/c15-8-1-6-11-12(7-8)14(19)17(13(11)18)9-2-4-10(5-3-9)22(16,20)21/h1-5,11-12H,6-7H2,(H2,16,20,21)/t11-,12+/m1/s1. The van der Waals surface area contributed by atoms with E-state index in [0.717, 1.165) is 4.90 Å². The normalized spacial score (nSPS) is 25.2. The van der Waals surface area contributed by atoms with Crippen molar-refractivity contribution in [3.63, 3.8) is 0 Å². The summed E-state index contributed by atoms with van der Waals surface area (Å²) < 4.78 is 22.5.